The van der Waals surface area contributed by atoms with Gasteiger partial charge in [0.25, 0.3) is 0 Å². The van der Waals surface area contributed by atoms with Gasteiger partial charge in [-0.2, -0.15) is 0 Å². The monoisotopic (exact) mass is 295 g/mol. The van der Waals surface area contributed by atoms with Crippen molar-refractivity contribution in [3.05, 3.63) is 40.3 Å². The summed E-state index contributed by atoms with van der Waals surface area (Å²) in [5.41, 5.74) is 1.81. The molecule has 19 heavy (non-hydrogen) atoms. The molecule has 1 saturated heterocycles. The van der Waals surface area contributed by atoms with E-state index in [0.29, 0.717) is 16.1 Å². The minimum absolute atomic E-state index is 0.536. The van der Waals surface area contributed by atoms with E-state index in [2.05, 4.69) is 15.3 Å². The number of rotatable bonds is 3. The zero-order valence-electron chi connectivity index (χ0n) is 10.4. The Morgan fingerprint density at radius 3 is 3.00 bits per heavy atom. The Kier molecular flexibility index (Phi) is 3.78. The molecule has 1 aliphatic heterocycles. The SMILES string of the molecule is Clc1cccc(-c2cnc(CC3CCCN3)[nH]2)c1Cl. The summed E-state index contributed by atoms with van der Waals surface area (Å²) in [6.07, 6.45) is 5.21. The number of hydrogen-bond donors (Lipinski definition) is 2. The molecule has 0 spiro atoms. The number of aromatic nitrogens is 2. The van der Waals surface area contributed by atoms with Crippen molar-refractivity contribution in [2.24, 2.45) is 0 Å². The van der Waals surface area contributed by atoms with Gasteiger partial charge in [-0.15, -0.1) is 0 Å². The molecular formula is C14H15Cl2N3. The molecule has 2 aromatic rings. The Morgan fingerprint density at radius 1 is 1.32 bits per heavy atom. The van der Waals surface area contributed by atoms with Gasteiger partial charge in [0, 0.05) is 18.0 Å². The minimum atomic E-state index is 0.536. The summed E-state index contributed by atoms with van der Waals surface area (Å²) in [5.74, 6) is 0.991. The molecule has 0 aliphatic carbocycles. The third-order valence-electron chi connectivity index (χ3n) is 3.47. The maximum Gasteiger partial charge on any atom is 0.108 e. The summed E-state index contributed by atoms with van der Waals surface area (Å²) in [4.78, 5) is 7.76. The number of nitrogens with zero attached hydrogens (tertiary/aromatic N) is 1. The molecule has 100 valence electrons. The molecule has 2 heterocycles. The van der Waals surface area contributed by atoms with Crippen molar-refractivity contribution >= 4 is 23.2 Å². The first-order valence-corrected chi connectivity index (χ1v) is 7.21. The van der Waals surface area contributed by atoms with Gasteiger partial charge in [-0.05, 0) is 25.5 Å². The van der Waals surface area contributed by atoms with Gasteiger partial charge in [-0.1, -0.05) is 35.3 Å². The zero-order chi connectivity index (χ0) is 13.2. The Hall–Kier alpha value is -1.03. The van der Waals surface area contributed by atoms with Crippen LogP contribution in [-0.2, 0) is 6.42 Å². The topological polar surface area (TPSA) is 40.7 Å². The molecular weight excluding hydrogens is 281 g/mol. The molecule has 3 rings (SSSR count). The summed E-state index contributed by atoms with van der Waals surface area (Å²) >= 11 is 12.2. The van der Waals surface area contributed by atoms with Crippen molar-refractivity contribution < 1.29 is 0 Å². The van der Waals surface area contributed by atoms with Crippen molar-refractivity contribution in [1.82, 2.24) is 15.3 Å². The number of benzene rings is 1. The number of hydrogen-bond acceptors (Lipinski definition) is 2. The minimum Gasteiger partial charge on any atom is -0.342 e. The highest BCUT2D eigenvalue weighted by molar-refractivity contribution is 6.43. The van der Waals surface area contributed by atoms with Gasteiger partial charge in [0.15, 0.2) is 0 Å². The summed E-state index contributed by atoms with van der Waals surface area (Å²) in [7, 11) is 0. The molecule has 0 bridgehead atoms. The molecule has 0 amide bonds. The van der Waals surface area contributed by atoms with E-state index >= 15 is 0 Å². The van der Waals surface area contributed by atoms with E-state index in [0.717, 1.165) is 30.0 Å². The average Bonchev–Trinajstić information content (AvgIpc) is 3.05. The zero-order valence-corrected chi connectivity index (χ0v) is 11.9. The van der Waals surface area contributed by atoms with Gasteiger partial charge in [-0.3, -0.25) is 0 Å². The number of H-pyrrole nitrogens is 1. The maximum atomic E-state index is 6.22. The second-order valence-electron chi connectivity index (χ2n) is 4.84. The van der Waals surface area contributed by atoms with Gasteiger partial charge in [0.2, 0.25) is 0 Å². The van der Waals surface area contributed by atoms with E-state index in [4.69, 9.17) is 23.2 Å². The number of nitrogens with one attached hydrogen (secondary N) is 2. The molecule has 2 N–H and O–H groups in total. The average molecular weight is 296 g/mol. The van der Waals surface area contributed by atoms with Crippen LogP contribution in [0.5, 0.6) is 0 Å². The molecule has 1 unspecified atom stereocenters. The number of aromatic amines is 1. The van der Waals surface area contributed by atoms with Crippen molar-refractivity contribution in [3.8, 4) is 11.3 Å². The third kappa shape index (κ3) is 2.78. The first-order valence-electron chi connectivity index (χ1n) is 6.45. The molecule has 3 nitrogen and oxygen atoms in total. The van der Waals surface area contributed by atoms with Crippen molar-refractivity contribution in [1.29, 1.82) is 0 Å². The lowest BCUT2D eigenvalue weighted by atomic mass is 10.1. The highest BCUT2D eigenvalue weighted by Gasteiger charge is 2.16. The predicted molar refractivity (Wildman–Crippen MR) is 78.8 cm³/mol. The largest absolute Gasteiger partial charge is 0.342 e. The fourth-order valence-corrected chi connectivity index (χ4v) is 2.88. The van der Waals surface area contributed by atoms with Crippen LogP contribution >= 0.6 is 23.2 Å². The summed E-state index contributed by atoms with van der Waals surface area (Å²) in [6, 6.07) is 6.16. The van der Waals surface area contributed by atoms with Crippen LogP contribution in [0.25, 0.3) is 11.3 Å². The summed E-state index contributed by atoms with van der Waals surface area (Å²) in [6.45, 7) is 1.11. The van der Waals surface area contributed by atoms with E-state index in [9.17, 15) is 0 Å². The van der Waals surface area contributed by atoms with E-state index in [-0.39, 0.29) is 0 Å². The van der Waals surface area contributed by atoms with Crippen LogP contribution in [0.2, 0.25) is 10.0 Å². The van der Waals surface area contributed by atoms with Gasteiger partial charge in [0.1, 0.15) is 5.82 Å². The molecule has 1 fully saturated rings. The summed E-state index contributed by atoms with van der Waals surface area (Å²) in [5, 5.41) is 4.60. The Balaban J connectivity index is 1.82. The Bertz CT molecular complexity index is 574. The van der Waals surface area contributed by atoms with Crippen LogP contribution in [0.4, 0.5) is 0 Å². The summed E-state index contributed by atoms with van der Waals surface area (Å²) < 4.78 is 0. The van der Waals surface area contributed by atoms with Crippen LogP contribution in [0, 0.1) is 0 Å². The molecule has 1 aromatic carbocycles. The van der Waals surface area contributed by atoms with E-state index < -0.39 is 0 Å². The second kappa shape index (κ2) is 5.53. The maximum absolute atomic E-state index is 6.22. The smallest absolute Gasteiger partial charge is 0.108 e. The first-order chi connectivity index (χ1) is 9.24. The molecule has 1 aliphatic rings. The predicted octanol–water partition coefficient (Wildman–Crippen LogP) is 3.68. The van der Waals surface area contributed by atoms with Gasteiger partial charge < -0.3 is 10.3 Å². The molecule has 0 radical (unpaired) electrons. The Labute approximate surface area is 122 Å². The highest BCUT2D eigenvalue weighted by atomic mass is 35.5. The first kappa shape index (κ1) is 13.0. The normalized spacial score (nSPS) is 18.9. The lowest BCUT2D eigenvalue weighted by Crippen LogP contribution is -2.24. The van der Waals surface area contributed by atoms with Crippen molar-refractivity contribution in [2.75, 3.05) is 6.54 Å². The van der Waals surface area contributed by atoms with Crippen LogP contribution in [0.1, 0.15) is 18.7 Å². The number of halogens is 2. The van der Waals surface area contributed by atoms with Gasteiger partial charge in [0.05, 0.1) is 21.9 Å². The Morgan fingerprint density at radius 2 is 2.21 bits per heavy atom. The molecule has 1 aromatic heterocycles. The molecule has 0 saturated carbocycles. The van der Waals surface area contributed by atoms with Crippen LogP contribution in [-0.4, -0.2) is 22.6 Å². The lowest BCUT2D eigenvalue weighted by molar-refractivity contribution is 0.589. The van der Waals surface area contributed by atoms with Crippen LogP contribution in [0.15, 0.2) is 24.4 Å². The fraction of sp³-hybridized carbons (Fsp3) is 0.357. The van der Waals surface area contributed by atoms with Gasteiger partial charge >= 0.3 is 0 Å². The van der Waals surface area contributed by atoms with Crippen LogP contribution < -0.4 is 5.32 Å². The van der Waals surface area contributed by atoms with Crippen molar-refractivity contribution in [2.45, 2.75) is 25.3 Å². The molecule has 1 atom stereocenters. The fourth-order valence-electron chi connectivity index (χ4n) is 2.48. The quantitative estimate of drug-likeness (QED) is 0.907. The lowest BCUT2D eigenvalue weighted by Gasteiger charge is -2.07. The van der Waals surface area contributed by atoms with E-state index in [1.807, 2.05) is 18.3 Å². The van der Waals surface area contributed by atoms with E-state index in [1.54, 1.807) is 6.07 Å². The van der Waals surface area contributed by atoms with Gasteiger partial charge in [-0.25, -0.2) is 4.98 Å². The second-order valence-corrected chi connectivity index (χ2v) is 5.63. The van der Waals surface area contributed by atoms with Crippen LogP contribution in [0.3, 0.4) is 0 Å². The third-order valence-corrected chi connectivity index (χ3v) is 4.29. The highest BCUT2D eigenvalue weighted by Crippen LogP contribution is 2.32. The van der Waals surface area contributed by atoms with Crippen molar-refractivity contribution in [3.63, 3.8) is 0 Å². The molecule has 5 heteroatoms. The number of imidazole rings is 1. The van der Waals surface area contributed by atoms with E-state index in [1.165, 1.54) is 12.8 Å². The standard InChI is InChI=1S/C14H15Cl2N3/c15-11-5-1-4-10(14(11)16)12-8-18-13(19-12)7-9-3-2-6-17-9/h1,4-5,8-9,17H,2-3,6-7H2,(H,18,19).